The molecule has 0 spiro atoms. The summed E-state index contributed by atoms with van der Waals surface area (Å²) in [7, 11) is 0. The van der Waals surface area contributed by atoms with Crippen molar-refractivity contribution in [2.75, 3.05) is 5.43 Å². The lowest BCUT2D eigenvalue weighted by atomic mass is 10.1. The number of halogens is 1. The molecule has 0 aromatic heterocycles. The van der Waals surface area contributed by atoms with Crippen LogP contribution in [0.5, 0.6) is 0 Å². The maximum absolute atomic E-state index is 11.0. The van der Waals surface area contributed by atoms with E-state index in [0.717, 1.165) is 0 Å². The number of carboxylic acid groups (broad SMARTS) is 1. The molecule has 2 aromatic rings. The number of aromatic carboxylic acids is 1. The zero-order valence-electron chi connectivity index (χ0n) is 11.9. The Balaban J connectivity index is 2.32. The Bertz CT molecular complexity index is 805. The van der Waals surface area contributed by atoms with Gasteiger partial charge in [-0.3, -0.25) is 15.5 Å². The second-order valence-corrected chi connectivity index (χ2v) is 4.97. The largest absolute Gasteiger partial charge is 0.545 e. The van der Waals surface area contributed by atoms with Gasteiger partial charge in [-0.25, -0.2) is 0 Å². The van der Waals surface area contributed by atoms with Gasteiger partial charge in [0, 0.05) is 6.07 Å². The Labute approximate surface area is 136 Å². The van der Waals surface area contributed by atoms with Crippen molar-refractivity contribution in [3.8, 4) is 0 Å². The van der Waals surface area contributed by atoms with Crippen molar-refractivity contribution in [2.45, 2.75) is 6.92 Å². The molecule has 0 aliphatic carbocycles. The van der Waals surface area contributed by atoms with Gasteiger partial charge in [-0.1, -0.05) is 29.8 Å². The summed E-state index contributed by atoms with van der Waals surface area (Å²) in [6.45, 7) is 1.59. The van der Waals surface area contributed by atoms with Gasteiger partial charge in [0.2, 0.25) is 0 Å². The Kier molecular flexibility index (Phi) is 4.92. The Morgan fingerprint density at radius 2 is 1.96 bits per heavy atom. The van der Waals surface area contributed by atoms with Crippen LogP contribution in [0.3, 0.4) is 0 Å². The van der Waals surface area contributed by atoms with Crippen molar-refractivity contribution in [1.29, 1.82) is 0 Å². The van der Waals surface area contributed by atoms with Crippen LogP contribution >= 0.6 is 11.6 Å². The van der Waals surface area contributed by atoms with Crippen molar-refractivity contribution in [1.82, 2.24) is 0 Å². The van der Waals surface area contributed by atoms with Gasteiger partial charge in [-0.2, -0.15) is 5.10 Å². The molecule has 0 heterocycles. The number of hydrogen-bond acceptors (Lipinski definition) is 6. The van der Waals surface area contributed by atoms with Gasteiger partial charge >= 0.3 is 0 Å². The molecule has 2 rings (SSSR count). The number of carboxylic acids is 1. The van der Waals surface area contributed by atoms with Crippen molar-refractivity contribution in [3.63, 3.8) is 0 Å². The summed E-state index contributed by atoms with van der Waals surface area (Å²) >= 11 is 5.96. The number of nitro groups is 1. The zero-order valence-corrected chi connectivity index (χ0v) is 12.7. The Hall–Kier alpha value is -2.93. The fourth-order valence-electron chi connectivity index (χ4n) is 1.88. The summed E-state index contributed by atoms with van der Waals surface area (Å²) in [4.78, 5) is 21.4. The normalized spacial score (nSPS) is 11.1. The average molecular weight is 333 g/mol. The molecule has 0 fully saturated rings. The summed E-state index contributed by atoms with van der Waals surface area (Å²) in [5.74, 6) is -1.34. The minimum Gasteiger partial charge on any atom is -0.545 e. The standard InChI is InChI=1S/C15H12ClN3O4/c1-9(11-4-2-3-5-14(11)19(22)23)17-18-13-8-10(15(20)21)6-7-12(13)16/h2-8,18H,1H3,(H,20,21)/p-1/b17-9-. The quantitative estimate of drug-likeness (QED) is 0.514. The Morgan fingerprint density at radius 1 is 1.26 bits per heavy atom. The van der Waals surface area contributed by atoms with Crippen LogP contribution in [0.25, 0.3) is 0 Å². The summed E-state index contributed by atoms with van der Waals surface area (Å²) in [6.07, 6.45) is 0. The molecule has 0 amide bonds. The van der Waals surface area contributed by atoms with Gasteiger partial charge in [-0.15, -0.1) is 0 Å². The summed E-state index contributed by atoms with van der Waals surface area (Å²) in [6, 6.07) is 10.1. The molecule has 8 heteroatoms. The van der Waals surface area contributed by atoms with Crippen LogP contribution in [-0.2, 0) is 0 Å². The van der Waals surface area contributed by atoms with E-state index in [9.17, 15) is 20.0 Å². The van der Waals surface area contributed by atoms with Crippen LogP contribution in [0.4, 0.5) is 11.4 Å². The number of carbonyl (C=O) groups excluding carboxylic acids is 1. The highest BCUT2D eigenvalue weighted by Crippen LogP contribution is 2.24. The van der Waals surface area contributed by atoms with Crippen LogP contribution in [0.15, 0.2) is 47.6 Å². The minimum absolute atomic E-state index is 0.0598. The highest BCUT2D eigenvalue weighted by atomic mass is 35.5. The fraction of sp³-hybridized carbons (Fsp3) is 0.0667. The van der Waals surface area contributed by atoms with E-state index in [0.29, 0.717) is 11.3 Å². The number of nitrogens with one attached hydrogen (secondary N) is 1. The Morgan fingerprint density at radius 3 is 2.61 bits per heavy atom. The first-order valence-electron chi connectivity index (χ1n) is 6.45. The van der Waals surface area contributed by atoms with Crippen LogP contribution in [-0.4, -0.2) is 16.6 Å². The number of hydrazone groups is 1. The number of anilines is 1. The molecular weight excluding hydrogens is 322 g/mol. The second kappa shape index (κ2) is 6.89. The monoisotopic (exact) mass is 332 g/mol. The van der Waals surface area contributed by atoms with Gasteiger partial charge in [0.05, 0.1) is 32.9 Å². The van der Waals surface area contributed by atoms with Gasteiger partial charge in [-0.05, 0) is 30.7 Å². The van der Waals surface area contributed by atoms with E-state index in [1.165, 1.54) is 24.3 Å². The lowest BCUT2D eigenvalue weighted by Crippen LogP contribution is -2.22. The smallest absolute Gasteiger partial charge is 0.278 e. The molecule has 0 atom stereocenters. The topological polar surface area (TPSA) is 108 Å². The van der Waals surface area contributed by atoms with Gasteiger partial charge in [0.1, 0.15) is 0 Å². The third kappa shape index (κ3) is 3.83. The van der Waals surface area contributed by atoms with E-state index >= 15 is 0 Å². The van der Waals surface area contributed by atoms with E-state index in [1.54, 1.807) is 25.1 Å². The van der Waals surface area contributed by atoms with E-state index in [2.05, 4.69) is 10.5 Å². The number of nitrogens with zero attached hydrogens (tertiary/aromatic N) is 2. The average Bonchev–Trinajstić information content (AvgIpc) is 2.53. The van der Waals surface area contributed by atoms with Crippen LogP contribution in [0, 0.1) is 10.1 Å². The van der Waals surface area contributed by atoms with Crippen molar-refractivity contribution < 1.29 is 14.8 Å². The maximum atomic E-state index is 11.0. The first kappa shape index (κ1) is 16.4. The van der Waals surface area contributed by atoms with Gasteiger partial charge in [0.15, 0.2) is 0 Å². The summed E-state index contributed by atoms with van der Waals surface area (Å²) < 4.78 is 0. The molecule has 0 aliphatic rings. The molecule has 1 N–H and O–H groups in total. The number of carbonyl (C=O) groups is 1. The second-order valence-electron chi connectivity index (χ2n) is 4.57. The number of benzene rings is 2. The molecule has 0 radical (unpaired) electrons. The van der Waals surface area contributed by atoms with Crippen molar-refractivity contribution >= 4 is 34.7 Å². The number of nitro benzene ring substituents is 1. The summed E-state index contributed by atoms with van der Waals surface area (Å²) in [5.41, 5.74) is 3.43. The predicted octanol–water partition coefficient (Wildman–Crippen LogP) is 2.45. The maximum Gasteiger partial charge on any atom is 0.278 e. The molecule has 0 unspecified atom stereocenters. The predicted molar refractivity (Wildman–Crippen MR) is 84.7 cm³/mol. The molecule has 0 bridgehead atoms. The first-order chi connectivity index (χ1) is 10.9. The molecule has 0 aliphatic heterocycles. The minimum atomic E-state index is -1.34. The molecule has 118 valence electrons. The highest BCUT2D eigenvalue weighted by Gasteiger charge is 2.14. The fourth-order valence-corrected chi connectivity index (χ4v) is 2.04. The third-order valence-electron chi connectivity index (χ3n) is 3.04. The SMILES string of the molecule is C/C(=N/Nc1cc(C(=O)[O-])ccc1Cl)c1ccccc1[N+](=O)[O-]. The van der Waals surface area contributed by atoms with E-state index in [-0.39, 0.29) is 22.0 Å². The lowest BCUT2D eigenvalue weighted by Gasteiger charge is -2.09. The van der Waals surface area contributed by atoms with E-state index in [4.69, 9.17) is 11.6 Å². The van der Waals surface area contributed by atoms with Crippen LogP contribution in [0.2, 0.25) is 5.02 Å². The molecule has 2 aromatic carbocycles. The molecule has 23 heavy (non-hydrogen) atoms. The summed E-state index contributed by atoms with van der Waals surface area (Å²) in [5, 5.41) is 26.2. The molecule has 0 saturated heterocycles. The molecule has 7 nitrogen and oxygen atoms in total. The van der Waals surface area contributed by atoms with Crippen molar-refractivity contribution in [3.05, 3.63) is 68.7 Å². The third-order valence-corrected chi connectivity index (χ3v) is 3.37. The number of para-hydroxylation sites is 1. The van der Waals surface area contributed by atoms with Gasteiger partial charge < -0.3 is 9.90 Å². The van der Waals surface area contributed by atoms with Crippen molar-refractivity contribution in [2.24, 2.45) is 5.10 Å². The molecule has 0 saturated carbocycles. The van der Waals surface area contributed by atoms with E-state index in [1.807, 2.05) is 0 Å². The lowest BCUT2D eigenvalue weighted by molar-refractivity contribution is -0.385. The van der Waals surface area contributed by atoms with E-state index < -0.39 is 10.9 Å². The highest BCUT2D eigenvalue weighted by molar-refractivity contribution is 6.33. The van der Waals surface area contributed by atoms with Crippen LogP contribution in [0.1, 0.15) is 22.8 Å². The number of rotatable bonds is 5. The molecular formula is C15H11ClN3O4-. The zero-order chi connectivity index (χ0) is 17.0. The van der Waals surface area contributed by atoms with Gasteiger partial charge in [0.25, 0.3) is 5.69 Å². The van der Waals surface area contributed by atoms with Crippen LogP contribution < -0.4 is 10.5 Å². The number of hydrogen-bond donors (Lipinski definition) is 1. The first-order valence-corrected chi connectivity index (χ1v) is 6.83.